The molecule has 1 aromatic heterocycles. The molecule has 5 nitrogen and oxygen atoms in total. The predicted octanol–water partition coefficient (Wildman–Crippen LogP) is 1.30. The fraction of sp³-hybridized carbons (Fsp3) is 0.727. The zero-order chi connectivity index (χ0) is 12.2. The molecule has 88 valence electrons. The number of nitrogens with zero attached hydrogens (tertiary/aromatic N) is 4. The van der Waals surface area contributed by atoms with Crippen LogP contribution in [0, 0.1) is 16.7 Å². The molecular weight excluding hydrogens is 204 g/mol. The van der Waals surface area contributed by atoms with Crippen LogP contribution in [-0.4, -0.2) is 14.3 Å². The Hall–Kier alpha value is -1.57. The number of hydrogen-bond acceptors (Lipinski definition) is 3. The van der Waals surface area contributed by atoms with Crippen molar-refractivity contribution in [2.24, 2.45) is 12.5 Å². The summed E-state index contributed by atoms with van der Waals surface area (Å²) in [7, 11) is 1.69. The smallest absolute Gasteiger partial charge is 0.285 e. The number of nitriles is 1. The van der Waals surface area contributed by atoms with E-state index < -0.39 is 0 Å². The highest BCUT2D eigenvalue weighted by Gasteiger charge is 2.15. The van der Waals surface area contributed by atoms with Gasteiger partial charge in [-0.2, -0.15) is 10.4 Å². The van der Waals surface area contributed by atoms with Crippen LogP contribution < -0.4 is 5.69 Å². The maximum Gasteiger partial charge on any atom is 0.345 e. The van der Waals surface area contributed by atoms with Crippen LogP contribution in [0.15, 0.2) is 11.1 Å². The molecule has 0 saturated carbocycles. The van der Waals surface area contributed by atoms with Crippen LogP contribution in [0.4, 0.5) is 0 Å². The molecule has 5 heteroatoms. The minimum absolute atomic E-state index is 0.0838. The van der Waals surface area contributed by atoms with Crippen molar-refractivity contribution < 1.29 is 0 Å². The molecule has 0 saturated heterocycles. The Balaban J connectivity index is 2.35. The summed E-state index contributed by atoms with van der Waals surface area (Å²) >= 11 is 0. The minimum atomic E-state index is -0.269. The van der Waals surface area contributed by atoms with Gasteiger partial charge in [0.05, 0.1) is 11.5 Å². The van der Waals surface area contributed by atoms with Crippen molar-refractivity contribution in [1.29, 1.82) is 5.26 Å². The molecule has 0 radical (unpaired) electrons. The third-order valence-electron chi connectivity index (χ3n) is 2.61. The highest BCUT2D eigenvalue weighted by Crippen LogP contribution is 2.21. The van der Waals surface area contributed by atoms with E-state index in [4.69, 9.17) is 5.26 Å². The average Bonchev–Trinajstić information content (AvgIpc) is 2.56. The van der Waals surface area contributed by atoms with Gasteiger partial charge in [-0.15, -0.1) is 0 Å². The molecule has 0 aliphatic rings. The van der Waals surface area contributed by atoms with E-state index in [1.165, 1.54) is 15.6 Å². The lowest BCUT2D eigenvalue weighted by atomic mass is 9.89. The van der Waals surface area contributed by atoms with Crippen LogP contribution in [-0.2, 0) is 13.6 Å². The Morgan fingerprint density at radius 3 is 2.69 bits per heavy atom. The Morgan fingerprint density at radius 2 is 2.19 bits per heavy atom. The zero-order valence-electron chi connectivity index (χ0n) is 10.1. The van der Waals surface area contributed by atoms with Gasteiger partial charge in [-0.05, 0) is 26.7 Å². The number of aryl methyl sites for hydroxylation is 2. The summed E-state index contributed by atoms with van der Waals surface area (Å²) in [5, 5.41) is 12.8. The summed E-state index contributed by atoms with van der Waals surface area (Å²) in [5.74, 6) is 0. The maximum atomic E-state index is 11.4. The van der Waals surface area contributed by atoms with Crippen LogP contribution in [0.1, 0.15) is 33.1 Å². The van der Waals surface area contributed by atoms with Crippen molar-refractivity contribution in [3.05, 3.63) is 16.8 Å². The molecule has 0 spiro atoms. The van der Waals surface area contributed by atoms with Crippen molar-refractivity contribution in [2.45, 2.75) is 39.7 Å². The first kappa shape index (κ1) is 12.5. The standard InChI is InChI=1S/C11H18N4O/c1-11(2,8-12)6-4-5-7-15-10(16)14(3)9-13-15/h9H,4-7H2,1-3H3. The first-order valence-corrected chi connectivity index (χ1v) is 5.46. The van der Waals surface area contributed by atoms with E-state index in [-0.39, 0.29) is 11.1 Å². The number of unbranched alkanes of at least 4 members (excludes halogenated alkanes) is 1. The van der Waals surface area contributed by atoms with Crippen molar-refractivity contribution in [1.82, 2.24) is 14.3 Å². The van der Waals surface area contributed by atoms with Gasteiger partial charge in [-0.3, -0.25) is 4.57 Å². The molecule has 0 aliphatic carbocycles. The van der Waals surface area contributed by atoms with Gasteiger partial charge in [0, 0.05) is 13.6 Å². The van der Waals surface area contributed by atoms with Gasteiger partial charge in [0.15, 0.2) is 0 Å². The van der Waals surface area contributed by atoms with E-state index in [1.807, 2.05) is 13.8 Å². The van der Waals surface area contributed by atoms with E-state index >= 15 is 0 Å². The fourth-order valence-electron chi connectivity index (χ4n) is 1.46. The SMILES string of the molecule is Cn1cnn(CCCCC(C)(C)C#N)c1=O. The van der Waals surface area contributed by atoms with Gasteiger partial charge >= 0.3 is 5.69 Å². The second-order valence-electron chi connectivity index (χ2n) is 4.70. The highest BCUT2D eigenvalue weighted by atomic mass is 16.2. The van der Waals surface area contributed by atoms with E-state index in [0.717, 1.165) is 19.3 Å². The molecule has 0 atom stereocenters. The van der Waals surface area contributed by atoms with Crippen LogP contribution in [0.2, 0.25) is 0 Å². The maximum absolute atomic E-state index is 11.4. The summed E-state index contributed by atoms with van der Waals surface area (Å²) in [6.07, 6.45) is 4.18. The van der Waals surface area contributed by atoms with E-state index in [0.29, 0.717) is 6.54 Å². The van der Waals surface area contributed by atoms with Gasteiger partial charge in [-0.1, -0.05) is 6.42 Å². The molecule has 0 bridgehead atoms. The summed E-state index contributed by atoms with van der Waals surface area (Å²) in [6, 6.07) is 2.27. The molecule has 0 aromatic carbocycles. The molecule has 1 heterocycles. The number of aromatic nitrogens is 3. The number of hydrogen-bond donors (Lipinski definition) is 0. The second kappa shape index (κ2) is 4.97. The van der Waals surface area contributed by atoms with E-state index in [1.54, 1.807) is 7.05 Å². The molecule has 0 N–H and O–H groups in total. The van der Waals surface area contributed by atoms with Crippen molar-refractivity contribution in [3.63, 3.8) is 0 Å². The lowest BCUT2D eigenvalue weighted by Crippen LogP contribution is -2.23. The third kappa shape index (κ3) is 3.23. The van der Waals surface area contributed by atoms with Crippen molar-refractivity contribution in [3.8, 4) is 6.07 Å². The Morgan fingerprint density at radius 1 is 1.50 bits per heavy atom. The summed E-state index contributed by atoms with van der Waals surface area (Å²) < 4.78 is 2.92. The molecule has 0 aliphatic heterocycles. The number of rotatable bonds is 5. The van der Waals surface area contributed by atoms with Crippen molar-refractivity contribution >= 4 is 0 Å². The largest absolute Gasteiger partial charge is 0.345 e. The topological polar surface area (TPSA) is 63.6 Å². The molecule has 1 rings (SSSR count). The van der Waals surface area contributed by atoms with Gasteiger partial charge in [0.25, 0.3) is 0 Å². The molecule has 0 unspecified atom stereocenters. The predicted molar refractivity (Wildman–Crippen MR) is 60.7 cm³/mol. The summed E-state index contributed by atoms with van der Waals surface area (Å²) in [5.41, 5.74) is -0.353. The monoisotopic (exact) mass is 222 g/mol. The average molecular weight is 222 g/mol. The first-order chi connectivity index (χ1) is 7.46. The fourth-order valence-corrected chi connectivity index (χ4v) is 1.46. The van der Waals surface area contributed by atoms with Gasteiger partial charge in [-0.25, -0.2) is 9.48 Å². The van der Waals surface area contributed by atoms with Gasteiger partial charge < -0.3 is 0 Å². The van der Waals surface area contributed by atoms with Crippen LogP contribution in [0.25, 0.3) is 0 Å². The second-order valence-corrected chi connectivity index (χ2v) is 4.70. The first-order valence-electron chi connectivity index (χ1n) is 5.46. The molecule has 1 aromatic rings. The summed E-state index contributed by atoms with van der Waals surface area (Å²) in [6.45, 7) is 4.49. The van der Waals surface area contributed by atoms with Gasteiger partial charge in [0.2, 0.25) is 0 Å². The Bertz CT molecular complexity index is 436. The van der Waals surface area contributed by atoms with Crippen LogP contribution in [0.5, 0.6) is 0 Å². The Labute approximate surface area is 95.3 Å². The highest BCUT2D eigenvalue weighted by molar-refractivity contribution is 4.91. The van der Waals surface area contributed by atoms with Gasteiger partial charge in [0.1, 0.15) is 6.33 Å². The lowest BCUT2D eigenvalue weighted by molar-refractivity contribution is 0.409. The van der Waals surface area contributed by atoms with E-state index in [9.17, 15) is 4.79 Å². The minimum Gasteiger partial charge on any atom is -0.285 e. The van der Waals surface area contributed by atoms with Crippen LogP contribution >= 0.6 is 0 Å². The molecule has 16 heavy (non-hydrogen) atoms. The third-order valence-corrected chi connectivity index (χ3v) is 2.61. The molecule has 0 amide bonds. The Kier molecular flexibility index (Phi) is 3.88. The lowest BCUT2D eigenvalue weighted by Gasteiger charge is -2.13. The van der Waals surface area contributed by atoms with Crippen LogP contribution in [0.3, 0.4) is 0 Å². The quantitative estimate of drug-likeness (QED) is 0.705. The normalized spacial score (nSPS) is 11.4. The molecular formula is C11H18N4O. The van der Waals surface area contributed by atoms with E-state index in [2.05, 4.69) is 11.2 Å². The molecule has 0 fully saturated rings. The zero-order valence-corrected chi connectivity index (χ0v) is 10.1. The summed E-state index contributed by atoms with van der Waals surface area (Å²) in [4.78, 5) is 11.4. The van der Waals surface area contributed by atoms with Crippen molar-refractivity contribution in [2.75, 3.05) is 0 Å².